The summed E-state index contributed by atoms with van der Waals surface area (Å²) in [7, 11) is 0. The zero-order valence-corrected chi connectivity index (χ0v) is 9.58. The number of nitrogens with one attached hydrogen (secondary N) is 1. The van der Waals surface area contributed by atoms with E-state index in [1.807, 2.05) is 0 Å². The van der Waals surface area contributed by atoms with Crippen LogP contribution in [0.1, 0.15) is 6.92 Å². The second-order valence-electron chi connectivity index (χ2n) is 3.36. The van der Waals surface area contributed by atoms with Crippen molar-refractivity contribution in [1.29, 1.82) is 0 Å². The highest BCUT2D eigenvalue weighted by atomic mass is 32.1. The van der Waals surface area contributed by atoms with Crippen LogP contribution in [-0.4, -0.2) is 67.8 Å². The fourth-order valence-corrected chi connectivity index (χ4v) is 1.10. The molecule has 0 rings (SSSR count). The van der Waals surface area contributed by atoms with Gasteiger partial charge in [-0.05, 0) is 6.92 Å². The Morgan fingerprint density at radius 3 is 2.12 bits per heavy atom. The molecular weight excluding hydrogens is 238 g/mol. The first-order valence-electron chi connectivity index (χ1n) is 4.62. The number of carbonyl (C=O) groups excluding carboxylic acids is 1. The highest BCUT2D eigenvalue weighted by molar-refractivity contribution is 7.80. The van der Waals surface area contributed by atoms with Gasteiger partial charge in [0.2, 0.25) is 0 Å². The minimum absolute atomic E-state index is 0.533. The molecule has 5 atom stereocenters. The smallest absolute Gasteiger partial charge is 0.252 e. The molecule has 0 spiro atoms. The molecule has 1 unspecified atom stereocenters. The van der Waals surface area contributed by atoms with Crippen molar-refractivity contribution in [2.75, 3.05) is 6.61 Å². The standard InChI is InChI=1S/C8H17NO6S/c1-3(16)9-8(15)7(14)6(13)5(12)4(11)2-10/h3-7,10-14,16H,2H2,1H3,(H,9,15)/t3?,4-,5-,6+,7-/m1/s1. The summed E-state index contributed by atoms with van der Waals surface area (Å²) in [6.07, 6.45) is -7.26. The minimum atomic E-state index is -1.91. The number of thiol groups is 1. The summed E-state index contributed by atoms with van der Waals surface area (Å²) in [4.78, 5) is 11.2. The molecule has 0 aromatic rings. The van der Waals surface area contributed by atoms with Crippen LogP contribution in [0.2, 0.25) is 0 Å². The fourth-order valence-electron chi connectivity index (χ4n) is 0.969. The summed E-state index contributed by atoms with van der Waals surface area (Å²) >= 11 is 3.83. The van der Waals surface area contributed by atoms with Crippen molar-refractivity contribution in [3.8, 4) is 0 Å². The maximum absolute atomic E-state index is 11.2. The highest BCUT2D eigenvalue weighted by Gasteiger charge is 2.34. The van der Waals surface area contributed by atoms with E-state index in [1.165, 1.54) is 6.92 Å². The molecule has 8 heteroatoms. The maximum Gasteiger partial charge on any atom is 0.252 e. The van der Waals surface area contributed by atoms with Crippen LogP contribution in [0.25, 0.3) is 0 Å². The highest BCUT2D eigenvalue weighted by Crippen LogP contribution is 2.05. The number of hydrogen-bond acceptors (Lipinski definition) is 7. The van der Waals surface area contributed by atoms with Gasteiger partial charge in [-0.15, -0.1) is 0 Å². The first-order valence-corrected chi connectivity index (χ1v) is 5.14. The molecule has 0 radical (unpaired) electrons. The third-order valence-corrected chi connectivity index (χ3v) is 2.00. The zero-order chi connectivity index (χ0) is 12.9. The van der Waals surface area contributed by atoms with E-state index in [1.54, 1.807) is 0 Å². The van der Waals surface area contributed by atoms with Gasteiger partial charge in [0.1, 0.15) is 18.3 Å². The lowest BCUT2D eigenvalue weighted by atomic mass is 10.0. The fraction of sp³-hybridized carbons (Fsp3) is 0.875. The molecule has 1 amide bonds. The maximum atomic E-state index is 11.2. The number of aliphatic hydroxyl groups excluding tert-OH is 5. The van der Waals surface area contributed by atoms with Crippen LogP contribution in [0.5, 0.6) is 0 Å². The Kier molecular flexibility index (Phi) is 6.88. The van der Waals surface area contributed by atoms with Crippen LogP contribution in [-0.2, 0) is 4.79 Å². The van der Waals surface area contributed by atoms with Crippen LogP contribution in [0.15, 0.2) is 0 Å². The van der Waals surface area contributed by atoms with Crippen molar-refractivity contribution < 1.29 is 30.3 Å². The van der Waals surface area contributed by atoms with Gasteiger partial charge < -0.3 is 30.8 Å². The summed E-state index contributed by atoms with van der Waals surface area (Å²) in [5.74, 6) is -0.931. The van der Waals surface area contributed by atoms with Gasteiger partial charge >= 0.3 is 0 Å². The first-order chi connectivity index (χ1) is 7.31. The average Bonchev–Trinajstić information content (AvgIpc) is 2.23. The van der Waals surface area contributed by atoms with E-state index in [0.717, 1.165) is 0 Å². The Labute approximate surface area is 98.1 Å². The SMILES string of the molecule is CC(S)NC(=O)[C@H](O)[C@@H](O)[C@H](O)[C@H](O)CO. The third kappa shape index (κ3) is 4.64. The van der Waals surface area contributed by atoms with Gasteiger partial charge in [0, 0.05) is 0 Å². The van der Waals surface area contributed by atoms with Crippen molar-refractivity contribution in [3.05, 3.63) is 0 Å². The van der Waals surface area contributed by atoms with Crippen molar-refractivity contribution in [2.45, 2.75) is 36.7 Å². The molecule has 0 aliphatic rings. The molecule has 7 nitrogen and oxygen atoms in total. The predicted octanol–water partition coefficient (Wildman–Crippen LogP) is -3.19. The van der Waals surface area contributed by atoms with E-state index < -0.39 is 42.3 Å². The van der Waals surface area contributed by atoms with Crippen LogP contribution >= 0.6 is 12.6 Å². The van der Waals surface area contributed by atoms with Gasteiger partial charge in [0.15, 0.2) is 6.10 Å². The van der Waals surface area contributed by atoms with Crippen LogP contribution in [0, 0.1) is 0 Å². The Balaban J connectivity index is 4.36. The summed E-state index contributed by atoms with van der Waals surface area (Å²) in [6, 6.07) is 0. The molecule has 0 aliphatic heterocycles. The van der Waals surface area contributed by atoms with Gasteiger partial charge in [0.05, 0.1) is 12.0 Å². The van der Waals surface area contributed by atoms with Gasteiger partial charge in [-0.1, -0.05) is 0 Å². The molecule has 0 aromatic heterocycles. The summed E-state index contributed by atoms with van der Waals surface area (Å²) in [5, 5.41) is 47.0. The predicted molar refractivity (Wildman–Crippen MR) is 57.7 cm³/mol. The van der Waals surface area contributed by atoms with Crippen molar-refractivity contribution in [3.63, 3.8) is 0 Å². The molecule has 0 bridgehead atoms. The Hall–Kier alpha value is -0.380. The van der Waals surface area contributed by atoms with Gasteiger partial charge in [-0.25, -0.2) is 0 Å². The summed E-state index contributed by atoms with van der Waals surface area (Å²) in [6.45, 7) is 0.731. The average molecular weight is 255 g/mol. The zero-order valence-electron chi connectivity index (χ0n) is 8.69. The van der Waals surface area contributed by atoms with Crippen LogP contribution in [0.4, 0.5) is 0 Å². The summed E-state index contributed by atoms with van der Waals surface area (Å²) in [5.41, 5.74) is 0. The number of carbonyl (C=O) groups is 1. The molecular formula is C8H17NO6S. The van der Waals surface area contributed by atoms with Crippen LogP contribution in [0.3, 0.4) is 0 Å². The van der Waals surface area contributed by atoms with E-state index in [4.69, 9.17) is 10.2 Å². The van der Waals surface area contributed by atoms with Gasteiger partial charge in [0.25, 0.3) is 5.91 Å². The first kappa shape index (κ1) is 15.6. The van der Waals surface area contributed by atoms with Gasteiger partial charge in [-0.3, -0.25) is 4.79 Å². The molecule has 0 aliphatic carbocycles. The van der Waals surface area contributed by atoms with Gasteiger partial charge in [-0.2, -0.15) is 12.6 Å². The molecule has 96 valence electrons. The van der Waals surface area contributed by atoms with E-state index in [2.05, 4.69) is 17.9 Å². The Morgan fingerprint density at radius 1 is 1.25 bits per heavy atom. The lowest BCUT2D eigenvalue weighted by Crippen LogP contribution is -2.52. The molecule has 0 heterocycles. The molecule has 0 fully saturated rings. The van der Waals surface area contributed by atoms with Crippen LogP contribution < -0.4 is 5.32 Å². The molecule has 0 saturated carbocycles. The number of rotatable bonds is 6. The van der Waals surface area contributed by atoms with E-state index in [0.29, 0.717) is 0 Å². The molecule has 6 N–H and O–H groups in total. The monoisotopic (exact) mass is 255 g/mol. The minimum Gasteiger partial charge on any atom is -0.394 e. The third-order valence-electron chi connectivity index (χ3n) is 1.87. The molecule has 0 aromatic carbocycles. The second kappa shape index (κ2) is 7.05. The quantitative estimate of drug-likeness (QED) is 0.198. The Bertz CT molecular complexity index is 227. The number of amides is 1. The molecule has 0 saturated heterocycles. The van der Waals surface area contributed by atoms with E-state index >= 15 is 0 Å². The molecule has 16 heavy (non-hydrogen) atoms. The normalized spacial score (nSPS) is 20.7. The van der Waals surface area contributed by atoms with E-state index in [-0.39, 0.29) is 0 Å². The van der Waals surface area contributed by atoms with Crippen molar-refractivity contribution in [1.82, 2.24) is 5.32 Å². The number of aliphatic hydroxyl groups is 5. The number of hydrogen-bond donors (Lipinski definition) is 7. The largest absolute Gasteiger partial charge is 0.394 e. The topological polar surface area (TPSA) is 130 Å². The lowest BCUT2D eigenvalue weighted by molar-refractivity contribution is -0.149. The lowest BCUT2D eigenvalue weighted by Gasteiger charge is -2.25. The summed E-state index contributed by atoms with van der Waals surface area (Å²) < 4.78 is 0. The second-order valence-corrected chi connectivity index (χ2v) is 4.14. The van der Waals surface area contributed by atoms with Crippen molar-refractivity contribution in [2.24, 2.45) is 0 Å². The van der Waals surface area contributed by atoms with Crippen molar-refractivity contribution >= 4 is 18.5 Å². The van der Waals surface area contributed by atoms with E-state index in [9.17, 15) is 20.1 Å². The Morgan fingerprint density at radius 2 is 1.75 bits per heavy atom.